The molecule has 0 fully saturated rings. The highest BCUT2D eigenvalue weighted by Crippen LogP contribution is 2.23. The Bertz CT molecular complexity index is 843. The third-order valence-corrected chi connectivity index (χ3v) is 5.15. The van der Waals surface area contributed by atoms with Crippen LogP contribution in [-0.2, 0) is 22.6 Å². The molecule has 0 aliphatic rings. The zero-order chi connectivity index (χ0) is 21.4. The molecule has 0 unspecified atom stereocenters. The molecule has 1 N–H and O–H groups in total. The van der Waals surface area contributed by atoms with E-state index < -0.39 is 6.04 Å². The highest BCUT2D eigenvalue weighted by Gasteiger charge is 2.28. The van der Waals surface area contributed by atoms with E-state index in [1.165, 1.54) is 17.0 Å². The predicted octanol–water partition coefficient (Wildman–Crippen LogP) is 5.01. The van der Waals surface area contributed by atoms with E-state index in [4.69, 9.17) is 23.2 Å². The van der Waals surface area contributed by atoms with E-state index in [9.17, 15) is 14.0 Å². The lowest BCUT2D eigenvalue weighted by Crippen LogP contribution is -2.49. The second-order valence-electron chi connectivity index (χ2n) is 6.78. The number of carbonyl (C=O) groups excluding carboxylic acids is 2. The number of amides is 2. The maximum absolute atomic E-state index is 13.3. The average Bonchev–Trinajstić information content (AvgIpc) is 2.69. The topological polar surface area (TPSA) is 49.4 Å². The van der Waals surface area contributed by atoms with Gasteiger partial charge < -0.3 is 10.2 Å². The maximum atomic E-state index is 13.3. The fourth-order valence-electron chi connectivity index (χ4n) is 3.00. The zero-order valence-electron chi connectivity index (χ0n) is 16.6. The summed E-state index contributed by atoms with van der Waals surface area (Å²) in [4.78, 5) is 27.4. The summed E-state index contributed by atoms with van der Waals surface area (Å²) >= 11 is 12.2. The normalized spacial score (nSPS) is 11.8. The summed E-state index contributed by atoms with van der Waals surface area (Å²) in [5, 5.41) is 3.74. The van der Waals surface area contributed by atoms with Crippen LogP contribution in [0.3, 0.4) is 0 Å². The Morgan fingerprint density at radius 3 is 2.38 bits per heavy atom. The smallest absolute Gasteiger partial charge is 0.242 e. The summed E-state index contributed by atoms with van der Waals surface area (Å²) < 4.78 is 13.3. The van der Waals surface area contributed by atoms with Crippen molar-refractivity contribution in [2.75, 3.05) is 6.54 Å². The van der Waals surface area contributed by atoms with Crippen molar-refractivity contribution >= 4 is 35.0 Å². The Balaban J connectivity index is 2.29. The van der Waals surface area contributed by atoms with Crippen molar-refractivity contribution in [3.63, 3.8) is 0 Å². The highest BCUT2D eigenvalue weighted by molar-refractivity contribution is 6.35. The number of nitrogens with zero attached hydrogens (tertiary/aromatic N) is 1. The minimum Gasteiger partial charge on any atom is -0.354 e. The van der Waals surface area contributed by atoms with Gasteiger partial charge in [-0.1, -0.05) is 55.2 Å². The number of hydrogen-bond acceptors (Lipinski definition) is 2. The molecule has 0 aliphatic carbocycles. The standard InChI is InChI=1S/C22H25Cl2FN2O2/c1-3-11-26-22(29)20(4-2)27(14-15-5-9-18(25)10-6-15)21(28)12-16-7-8-17(23)13-19(16)24/h5-10,13,20H,3-4,11-12,14H2,1-2H3,(H,26,29)/t20-/m0/s1. The predicted molar refractivity (Wildman–Crippen MR) is 114 cm³/mol. The van der Waals surface area contributed by atoms with Gasteiger partial charge in [-0.15, -0.1) is 0 Å². The first kappa shape index (κ1) is 23.2. The summed E-state index contributed by atoms with van der Waals surface area (Å²) in [6.07, 6.45) is 1.29. The van der Waals surface area contributed by atoms with Gasteiger partial charge in [0.15, 0.2) is 0 Å². The Kier molecular flexibility index (Phi) is 8.93. The molecule has 4 nitrogen and oxygen atoms in total. The molecule has 0 saturated carbocycles. The minimum absolute atomic E-state index is 0.0365. The van der Waals surface area contributed by atoms with Crippen molar-refractivity contribution in [1.29, 1.82) is 0 Å². The Hall–Kier alpha value is -2.11. The van der Waals surface area contributed by atoms with E-state index in [0.717, 1.165) is 12.0 Å². The molecule has 2 aromatic rings. The van der Waals surface area contributed by atoms with Gasteiger partial charge in [0.2, 0.25) is 11.8 Å². The summed E-state index contributed by atoms with van der Waals surface area (Å²) in [5.74, 6) is -0.795. The average molecular weight is 439 g/mol. The number of hydrogen-bond donors (Lipinski definition) is 1. The zero-order valence-corrected chi connectivity index (χ0v) is 18.1. The lowest BCUT2D eigenvalue weighted by Gasteiger charge is -2.31. The van der Waals surface area contributed by atoms with Crippen molar-refractivity contribution in [2.24, 2.45) is 0 Å². The lowest BCUT2D eigenvalue weighted by molar-refractivity contribution is -0.140. The molecule has 0 heterocycles. The van der Waals surface area contributed by atoms with Crippen LogP contribution in [0.1, 0.15) is 37.8 Å². The number of rotatable bonds is 9. The first-order valence-corrected chi connectivity index (χ1v) is 10.4. The van der Waals surface area contributed by atoms with Crippen molar-refractivity contribution in [3.05, 3.63) is 69.5 Å². The van der Waals surface area contributed by atoms with Gasteiger partial charge in [0.1, 0.15) is 11.9 Å². The van der Waals surface area contributed by atoms with Crippen LogP contribution in [0.25, 0.3) is 0 Å². The van der Waals surface area contributed by atoms with Crippen molar-refractivity contribution in [1.82, 2.24) is 10.2 Å². The van der Waals surface area contributed by atoms with Gasteiger partial charge in [0, 0.05) is 23.1 Å². The molecule has 0 aromatic heterocycles. The molecule has 1 atom stereocenters. The third kappa shape index (κ3) is 6.72. The fourth-order valence-corrected chi connectivity index (χ4v) is 3.48. The second kappa shape index (κ2) is 11.2. The van der Waals surface area contributed by atoms with Crippen LogP contribution in [0.2, 0.25) is 10.0 Å². The Morgan fingerprint density at radius 1 is 1.10 bits per heavy atom. The molecule has 2 aromatic carbocycles. The van der Waals surface area contributed by atoms with E-state index in [2.05, 4.69) is 5.32 Å². The van der Waals surface area contributed by atoms with E-state index >= 15 is 0 Å². The second-order valence-corrected chi connectivity index (χ2v) is 7.62. The Labute approximate surface area is 181 Å². The molecule has 0 saturated heterocycles. The van der Waals surface area contributed by atoms with Crippen LogP contribution in [0.4, 0.5) is 4.39 Å². The summed E-state index contributed by atoms with van der Waals surface area (Å²) in [7, 11) is 0. The van der Waals surface area contributed by atoms with Gasteiger partial charge in [-0.25, -0.2) is 4.39 Å². The molecule has 0 radical (unpaired) electrons. The van der Waals surface area contributed by atoms with E-state index in [1.807, 2.05) is 13.8 Å². The van der Waals surface area contributed by atoms with Crippen LogP contribution in [0.15, 0.2) is 42.5 Å². The molecule has 7 heteroatoms. The lowest BCUT2D eigenvalue weighted by atomic mass is 10.1. The van der Waals surface area contributed by atoms with Crippen LogP contribution in [0, 0.1) is 5.82 Å². The van der Waals surface area contributed by atoms with E-state index in [-0.39, 0.29) is 30.6 Å². The van der Waals surface area contributed by atoms with Crippen LogP contribution >= 0.6 is 23.2 Å². The van der Waals surface area contributed by atoms with E-state index in [0.29, 0.717) is 28.6 Å². The molecular weight excluding hydrogens is 414 g/mol. The molecular formula is C22H25Cl2FN2O2. The maximum Gasteiger partial charge on any atom is 0.242 e. The van der Waals surface area contributed by atoms with Gasteiger partial charge in [-0.2, -0.15) is 0 Å². The molecule has 0 aliphatic heterocycles. The van der Waals surface area contributed by atoms with Crippen LogP contribution in [-0.4, -0.2) is 29.3 Å². The molecule has 0 bridgehead atoms. The molecule has 0 spiro atoms. The first-order chi connectivity index (χ1) is 13.8. The number of carbonyl (C=O) groups is 2. The minimum atomic E-state index is -0.634. The van der Waals surface area contributed by atoms with Gasteiger partial charge in [-0.05, 0) is 48.2 Å². The SMILES string of the molecule is CCCNC(=O)[C@H](CC)N(Cc1ccc(F)cc1)C(=O)Cc1ccc(Cl)cc1Cl. The largest absolute Gasteiger partial charge is 0.354 e. The monoisotopic (exact) mass is 438 g/mol. The number of halogens is 3. The fraction of sp³-hybridized carbons (Fsp3) is 0.364. The highest BCUT2D eigenvalue weighted by atomic mass is 35.5. The van der Waals surface area contributed by atoms with Gasteiger partial charge in [0.05, 0.1) is 6.42 Å². The summed E-state index contributed by atoms with van der Waals surface area (Å²) in [5.41, 5.74) is 1.37. The van der Waals surface area contributed by atoms with Gasteiger partial charge in [-0.3, -0.25) is 9.59 Å². The molecule has 2 amide bonds. The van der Waals surface area contributed by atoms with Crippen molar-refractivity contribution in [3.8, 4) is 0 Å². The van der Waals surface area contributed by atoms with Gasteiger partial charge in [0.25, 0.3) is 0 Å². The van der Waals surface area contributed by atoms with Gasteiger partial charge >= 0.3 is 0 Å². The number of benzene rings is 2. The third-order valence-electron chi connectivity index (χ3n) is 4.56. The summed E-state index contributed by atoms with van der Waals surface area (Å²) in [6.45, 7) is 4.56. The van der Waals surface area contributed by atoms with E-state index in [1.54, 1.807) is 30.3 Å². The quantitative estimate of drug-likeness (QED) is 0.597. The molecule has 156 valence electrons. The van der Waals surface area contributed by atoms with Crippen LogP contribution < -0.4 is 5.32 Å². The molecule has 2 rings (SSSR count). The van der Waals surface area contributed by atoms with Crippen LogP contribution in [0.5, 0.6) is 0 Å². The summed E-state index contributed by atoms with van der Waals surface area (Å²) in [6, 6.07) is 10.2. The van der Waals surface area contributed by atoms with Crippen molar-refractivity contribution in [2.45, 2.75) is 45.7 Å². The first-order valence-electron chi connectivity index (χ1n) is 9.61. The Morgan fingerprint density at radius 2 is 1.79 bits per heavy atom. The molecule has 29 heavy (non-hydrogen) atoms. The number of nitrogens with one attached hydrogen (secondary N) is 1. The van der Waals surface area contributed by atoms with Crippen molar-refractivity contribution < 1.29 is 14.0 Å².